The molecule has 0 heterocycles. The maximum atomic E-state index is 10.6. The van der Waals surface area contributed by atoms with Crippen LogP contribution in [0.2, 0.25) is 0 Å². The summed E-state index contributed by atoms with van der Waals surface area (Å²) in [7, 11) is 0. The van der Waals surface area contributed by atoms with Crippen LogP contribution in [0.3, 0.4) is 0 Å². The second-order valence-corrected chi connectivity index (χ2v) is 3.88. The molecule has 1 rings (SSSR count). The number of hydrogen-bond donors (Lipinski definition) is 1. The van der Waals surface area contributed by atoms with Gasteiger partial charge in [-0.15, -0.1) is 0 Å². The number of carbonyl (C=O) groups excluding carboxylic acids is 1. The minimum absolute atomic E-state index is 0.0218. The fourth-order valence-electron chi connectivity index (χ4n) is 1.45. The van der Waals surface area contributed by atoms with Crippen LogP contribution < -0.4 is 5.32 Å². The summed E-state index contributed by atoms with van der Waals surface area (Å²) in [5, 5.41) is 11.7. The van der Waals surface area contributed by atoms with Crippen LogP contribution in [-0.4, -0.2) is 12.5 Å². The van der Waals surface area contributed by atoms with Gasteiger partial charge in [0, 0.05) is 13.5 Å². The van der Waals surface area contributed by atoms with E-state index in [1.54, 1.807) is 0 Å². The van der Waals surface area contributed by atoms with E-state index in [0.717, 1.165) is 17.5 Å². The molecule has 0 bridgehead atoms. The summed E-state index contributed by atoms with van der Waals surface area (Å²) in [4.78, 5) is 10.6. The van der Waals surface area contributed by atoms with E-state index in [9.17, 15) is 4.79 Å². The van der Waals surface area contributed by atoms with E-state index in [1.807, 2.05) is 37.3 Å². The summed E-state index contributed by atoms with van der Waals surface area (Å²) in [6.07, 6.45) is 4.64. The van der Waals surface area contributed by atoms with Crippen molar-refractivity contribution in [3.8, 4) is 6.07 Å². The van der Waals surface area contributed by atoms with Gasteiger partial charge in [0.2, 0.25) is 5.91 Å². The number of nitrogens with zero attached hydrogens (tertiary/aromatic N) is 1. The topological polar surface area (TPSA) is 52.9 Å². The summed E-state index contributed by atoms with van der Waals surface area (Å²) in [5.74, 6) is -0.0218. The van der Waals surface area contributed by atoms with E-state index < -0.39 is 0 Å². The average Bonchev–Trinajstić information content (AvgIpc) is 2.29. The Kier molecular flexibility index (Phi) is 4.96. The Morgan fingerprint density at radius 2 is 2.29 bits per heavy atom. The van der Waals surface area contributed by atoms with Crippen molar-refractivity contribution >= 4 is 12.0 Å². The molecular weight excluding hydrogens is 212 g/mol. The molecule has 0 aromatic heterocycles. The minimum Gasteiger partial charge on any atom is -0.356 e. The number of aryl methyl sites for hydroxylation is 1. The first-order chi connectivity index (χ1) is 8.13. The molecule has 0 spiro atoms. The van der Waals surface area contributed by atoms with Crippen LogP contribution in [0.4, 0.5) is 0 Å². The Morgan fingerprint density at radius 3 is 2.94 bits per heavy atom. The molecule has 0 unspecified atom stereocenters. The molecule has 0 radical (unpaired) electrons. The third-order valence-corrected chi connectivity index (χ3v) is 2.31. The number of benzene rings is 1. The van der Waals surface area contributed by atoms with Crippen LogP contribution in [0.5, 0.6) is 0 Å². The molecule has 0 saturated carbocycles. The number of amides is 1. The Hall–Kier alpha value is -2.08. The predicted molar refractivity (Wildman–Crippen MR) is 68.2 cm³/mol. The molecule has 3 heteroatoms. The zero-order chi connectivity index (χ0) is 12.7. The van der Waals surface area contributed by atoms with Gasteiger partial charge in [-0.1, -0.05) is 24.3 Å². The van der Waals surface area contributed by atoms with Crippen molar-refractivity contribution in [2.45, 2.75) is 20.3 Å². The van der Waals surface area contributed by atoms with Gasteiger partial charge in [0.05, 0.1) is 11.6 Å². The van der Waals surface area contributed by atoms with Gasteiger partial charge in [-0.05, 0) is 30.5 Å². The molecule has 0 aliphatic rings. The van der Waals surface area contributed by atoms with Gasteiger partial charge in [0.15, 0.2) is 0 Å². The highest BCUT2D eigenvalue weighted by molar-refractivity contribution is 5.72. The Balaban J connectivity index is 2.59. The van der Waals surface area contributed by atoms with Crippen LogP contribution in [0, 0.1) is 18.3 Å². The van der Waals surface area contributed by atoms with Crippen molar-refractivity contribution in [2.24, 2.45) is 0 Å². The Bertz CT molecular complexity index is 470. The maximum absolute atomic E-state index is 10.6. The van der Waals surface area contributed by atoms with Crippen LogP contribution in [0.25, 0.3) is 6.08 Å². The standard InChI is InChI=1S/C14H16N2O/c1-11-6-7-13(14(9-11)10-15)5-3-4-8-16-12(2)17/h3,5-7,9H,4,8H2,1-2H3,(H,16,17). The lowest BCUT2D eigenvalue weighted by molar-refractivity contribution is -0.118. The molecule has 1 amide bonds. The molecular formula is C14H16N2O. The summed E-state index contributed by atoms with van der Waals surface area (Å²) >= 11 is 0. The summed E-state index contributed by atoms with van der Waals surface area (Å²) in [6, 6.07) is 7.96. The van der Waals surface area contributed by atoms with E-state index in [-0.39, 0.29) is 5.91 Å². The highest BCUT2D eigenvalue weighted by atomic mass is 16.1. The first-order valence-electron chi connectivity index (χ1n) is 5.55. The van der Waals surface area contributed by atoms with E-state index in [2.05, 4.69) is 11.4 Å². The number of nitrogens with one attached hydrogen (secondary N) is 1. The molecule has 1 aromatic carbocycles. The lowest BCUT2D eigenvalue weighted by Crippen LogP contribution is -2.20. The number of rotatable bonds is 4. The highest BCUT2D eigenvalue weighted by Crippen LogP contribution is 2.12. The van der Waals surface area contributed by atoms with Crippen molar-refractivity contribution < 1.29 is 4.79 Å². The van der Waals surface area contributed by atoms with E-state index in [0.29, 0.717) is 12.1 Å². The maximum Gasteiger partial charge on any atom is 0.216 e. The molecule has 0 fully saturated rings. The zero-order valence-electron chi connectivity index (χ0n) is 10.2. The third kappa shape index (κ3) is 4.52. The number of hydrogen-bond acceptors (Lipinski definition) is 2. The van der Waals surface area contributed by atoms with Gasteiger partial charge in [0.1, 0.15) is 0 Å². The van der Waals surface area contributed by atoms with E-state index in [4.69, 9.17) is 5.26 Å². The van der Waals surface area contributed by atoms with Crippen LogP contribution >= 0.6 is 0 Å². The normalized spacial score (nSPS) is 10.2. The molecule has 0 aliphatic heterocycles. The van der Waals surface area contributed by atoms with Crippen LogP contribution in [-0.2, 0) is 4.79 Å². The second kappa shape index (κ2) is 6.49. The minimum atomic E-state index is -0.0218. The van der Waals surface area contributed by atoms with Crippen molar-refractivity contribution in [3.63, 3.8) is 0 Å². The Labute approximate surface area is 102 Å². The fraction of sp³-hybridized carbons (Fsp3) is 0.286. The number of carbonyl (C=O) groups is 1. The summed E-state index contributed by atoms with van der Waals surface area (Å²) < 4.78 is 0. The molecule has 1 aromatic rings. The van der Waals surface area contributed by atoms with E-state index in [1.165, 1.54) is 6.92 Å². The van der Waals surface area contributed by atoms with Crippen LogP contribution in [0.1, 0.15) is 30.0 Å². The average molecular weight is 228 g/mol. The van der Waals surface area contributed by atoms with Gasteiger partial charge in [-0.2, -0.15) is 5.26 Å². The molecule has 0 aliphatic carbocycles. The first kappa shape index (κ1) is 13.0. The van der Waals surface area contributed by atoms with Gasteiger partial charge in [-0.3, -0.25) is 4.79 Å². The van der Waals surface area contributed by atoms with Crippen molar-refractivity contribution in [3.05, 3.63) is 41.0 Å². The molecule has 0 atom stereocenters. The predicted octanol–water partition coefficient (Wildman–Crippen LogP) is 2.41. The largest absolute Gasteiger partial charge is 0.356 e. The SMILES string of the molecule is CC(=O)NCCC=Cc1ccc(C)cc1C#N. The molecule has 1 N–H and O–H groups in total. The molecule has 0 saturated heterocycles. The van der Waals surface area contributed by atoms with Gasteiger partial charge >= 0.3 is 0 Å². The van der Waals surface area contributed by atoms with Gasteiger partial charge in [0.25, 0.3) is 0 Å². The highest BCUT2D eigenvalue weighted by Gasteiger charge is 1.97. The van der Waals surface area contributed by atoms with Crippen LogP contribution in [0.15, 0.2) is 24.3 Å². The summed E-state index contributed by atoms with van der Waals surface area (Å²) in [5.41, 5.74) is 2.68. The second-order valence-electron chi connectivity index (χ2n) is 3.88. The number of nitriles is 1. The monoisotopic (exact) mass is 228 g/mol. The molecule has 88 valence electrons. The van der Waals surface area contributed by atoms with Crippen molar-refractivity contribution in [1.29, 1.82) is 5.26 Å². The third-order valence-electron chi connectivity index (χ3n) is 2.31. The van der Waals surface area contributed by atoms with Gasteiger partial charge in [-0.25, -0.2) is 0 Å². The fourth-order valence-corrected chi connectivity index (χ4v) is 1.45. The lowest BCUT2D eigenvalue weighted by Gasteiger charge is -2.00. The van der Waals surface area contributed by atoms with Gasteiger partial charge < -0.3 is 5.32 Å². The van der Waals surface area contributed by atoms with E-state index >= 15 is 0 Å². The lowest BCUT2D eigenvalue weighted by atomic mass is 10.0. The molecule has 17 heavy (non-hydrogen) atoms. The summed E-state index contributed by atoms with van der Waals surface area (Å²) in [6.45, 7) is 4.09. The smallest absolute Gasteiger partial charge is 0.216 e. The zero-order valence-corrected chi connectivity index (χ0v) is 10.2. The van der Waals surface area contributed by atoms with Crippen molar-refractivity contribution in [1.82, 2.24) is 5.32 Å². The molecule has 3 nitrogen and oxygen atoms in total. The first-order valence-corrected chi connectivity index (χ1v) is 5.55. The quantitative estimate of drug-likeness (QED) is 0.804. The Morgan fingerprint density at radius 1 is 1.53 bits per heavy atom. The van der Waals surface area contributed by atoms with Crippen molar-refractivity contribution in [2.75, 3.05) is 6.54 Å².